The summed E-state index contributed by atoms with van der Waals surface area (Å²) in [7, 11) is 0. The van der Waals surface area contributed by atoms with Crippen molar-refractivity contribution in [2.75, 3.05) is 0 Å². The summed E-state index contributed by atoms with van der Waals surface area (Å²) in [6, 6.07) is 0. The number of hydrogen-bond acceptors (Lipinski definition) is 1. The van der Waals surface area contributed by atoms with Gasteiger partial charge in [0.1, 0.15) is 0 Å². The van der Waals surface area contributed by atoms with Crippen LogP contribution in [0.25, 0.3) is 10.4 Å². The highest BCUT2D eigenvalue weighted by molar-refractivity contribution is 14.1. The molecule has 0 amide bonds. The molecule has 46 valence electrons. The Bertz CT molecular complexity index is 97.5. The van der Waals surface area contributed by atoms with Crippen LogP contribution in [0.15, 0.2) is 5.11 Å². The molecular formula is C4H8IN3. The Morgan fingerprint density at radius 2 is 2.50 bits per heavy atom. The molecule has 0 N–H and O–H groups in total. The molecule has 0 aromatic rings. The van der Waals surface area contributed by atoms with Gasteiger partial charge in [0.15, 0.2) is 0 Å². The van der Waals surface area contributed by atoms with E-state index in [0.29, 0.717) is 0 Å². The van der Waals surface area contributed by atoms with Crippen LogP contribution < -0.4 is 0 Å². The fourth-order valence-corrected chi connectivity index (χ4v) is 1.09. The molecule has 0 saturated carbocycles. The van der Waals surface area contributed by atoms with Gasteiger partial charge in [0.05, 0.1) is 4.05 Å². The fourth-order valence-electron chi connectivity index (χ4n) is 0.352. The van der Waals surface area contributed by atoms with Crippen LogP contribution in [0.2, 0.25) is 0 Å². The van der Waals surface area contributed by atoms with E-state index in [-0.39, 0.29) is 4.05 Å². The third-order valence-electron chi connectivity index (χ3n) is 0.704. The second-order valence-corrected chi connectivity index (χ2v) is 2.87. The summed E-state index contributed by atoms with van der Waals surface area (Å²) in [5.74, 6) is 0. The third kappa shape index (κ3) is 4.21. The molecule has 0 aromatic heterocycles. The van der Waals surface area contributed by atoms with Gasteiger partial charge in [-0.15, -0.1) is 0 Å². The lowest BCUT2D eigenvalue weighted by Gasteiger charge is -1.94. The number of halogens is 1. The minimum atomic E-state index is 0.141. The summed E-state index contributed by atoms with van der Waals surface area (Å²) < 4.78 is 0.141. The van der Waals surface area contributed by atoms with Gasteiger partial charge in [-0.1, -0.05) is 41.0 Å². The van der Waals surface area contributed by atoms with Crippen molar-refractivity contribution in [2.45, 2.75) is 23.8 Å². The van der Waals surface area contributed by atoms with Gasteiger partial charge in [0.2, 0.25) is 0 Å². The van der Waals surface area contributed by atoms with Crippen LogP contribution in [0.1, 0.15) is 19.8 Å². The highest BCUT2D eigenvalue weighted by Gasteiger charge is 1.94. The van der Waals surface area contributed by atoms with Crippen LogP contribution in [-0.2, 0) is 0 Å². The second kappa shape index (κ2) is 5.18. The Kier molecular flexibility index (Phi) is 5.21. The second-order valence-electron chi connectivity index (χ2n) is 1.43. The van der Waals surface area contributed by atoms with E-state index in [0.717, 1.165) is 12.8 Å². The van der Waals surface area contributed by atoms with Gasteiger partial charge in [0.25, 0.3) is 0 Å². The van der Waals surface area contributed by atoms with Crippen molar-refractivity contribution in [3.05, 3.63) is 10.4 Å². The summed E-state index contributed by atoms with van der Waals surface area (Å²) in [6.45, 7) is 2.07. The standard InChI is InChI=1S/C4H8IN3/c1-2-3-4(5)7-8-6/h4H,2-3H2,1H3. The van der Waals surface area contributed by atoms with Gasteiger partial charge in [-0.05, 0) is 12.0 Å². The molecule has 0 saturated heterocycles. The molecule has 1 atom stereocenters. The SMILES string of the molecule is CCCC(I)N=[N+]=[N-]. The molecule has 1 unspecified atom stereocenters. The van der Waals surface area contributed by atoms with Gasteiger partial charge in [-0.25, -0.2) is 0 Å². The number of alkyl halides is 1. The van der Waals surface area contributed by atoms with Gasteiger partial charge >= 0.3 is 0 Å². The third-order valence-corrected chi connectivity index (χ3v) is 1.58. The van der Waals surface area contributed by atoms with Crippen LogP contribution in [0.4, 0.5) is 0 Å². The lowest BCUT2D eigenvalue weighted by atomic mass is 10.3. The maximum absolute atomic E-state index is 7.92. The fraction of sp³-hybridized carbons (Fsp3) is 1.00. The van der Waals surface area contributed by atoms with E-state index >= 15 is 0 Å². The summed E-state index contributed by atoms with van der Waals surface area (Å²) in [6.07, 6.45) is 2.05. The highest BCUT2D eigenvalue weighted by atomic mass is 127. The molecule has 0 bridgehead atoms. The van der Waals surface area contributed by atoms with Crippen molar-refractivity contribution < 1.29 is 0 Å². The molecule has 0 aromatic carbocycles. The Morgan fingerprint density at radius 1 is 1.88 bits per heavy atom. The van der Waals surface area contributed by atoms with E-state index < -0.39 is 0 Å². The van der Waals surface area contributed by atoms with Gasteiger partial charge in [-0.3, -0.25) is 0 Å². The van der Waals surface area contributed by atoms with Crippen molar-refractivity contribution in [1.82, 2.24) is 0 Å². The Morgan fingerprint density at radius 3 is 2.88 bits per heavy atom. The molecule has 3 nitrogen and oxygen atoms in total. The summed E-state index contributed by atoms with van der Waals surface area (Å²) in [5.41, 5.74) is 7.92. The first-order valence-corrected chi connectivity index (χ1v) is 3.74. The molecule has 0 rings (SSSR count). The summed E-state index contributed by atoms with van der Waals surface area (Å²) in [5, 5.41) is 3.48. The van der Waals surface area contributed by atoms with Crippen molar-refractivity contribution in [3.8, 4) is 0 Å². The van der Waals surface area contributed by atoms with Crippen LogP contribution in [-0.4, -0.2) is 4.05 Å². The van der Waals surface area contributed by atoms with Crippen LogP contribution >= 0.6 is 22.6 Å². The molecule has 0 spiro atoms. The number of azide groups is 1. The van der Waals surface area contributed by atoms with Crippen LogP contribution in [0, 0.1) is 0 Å². The van der Waals surface area contributed by atoms with E-state index in [1.165, 1.54) is 0 Å². The first-order valence-electron chi connectivity index (χ1n) is 2.49. The maximum atomic E-state index is 7.92. The van der Waals surface area contributed by atoms with Gasteiger partial charge in [0, 0.05) is 4.91 Å². The molecule has 0 aliphatic carbocycles. The summed E-state index contributed by atoms with van der Waals surface area (Å²) >= 11 is 2.12. The zero-order valence-corrected chi connectivity index (χ0v) is 6.87. The lowest BCUT2D eigenvalue weighted by Crippen LogP contribution is -1.87. The van der Waals surface area contributed by atoms with Crippen molar-refractivity contribution >= 4 is 22.6 Å². The zero-order valence-electron chi connectivity index (χ0n) is 4.71. The highest BCUT2D eigenvalue weighted by Crippen LogP contribution is 2.08. The van der Waals surface area contributed by atoms with E-state index in [1.807, 2.05) is 0 Å². The first kappa shape index (κ1) is 8.04. The van der Waals surface area contributed by atoms with Crippen molar-refractivity contribution in [3.63, 3.8) is 0 Å². The van der Waals surface area contributed by atoms with E-state index in [2.05, 4.69) is 39.5 Å². The lowest BCUT2D eigenvalue weighted by molar-refractivity contribution is 0.781. The normalized spacial score (nSPS) is 12.2. The Hall–Kier alpha value is 0.0400. The van der Waals surface area contributed by atoms with Gasteiger partial charge < -0.3 is 0 Å². The predicted octanol–water partition coefficient (Wildman–Crippen LogP) is 2.86. The van der Waals surface area contributed by atoms with E-state index in [4.69, 9.17) is 5.53 Å². The first-order chi connectivity index (χ1) is 3.81. The van der Waals surface area contributed by atoms with E-state index in [1.54, 1.807) is 0 Å². The Balaban J connectivity index is 3.31. The smallest absolute Gasteiger partial charge is 0.0801 e. The number of nitrogens with zero attached hydrogens (tertiary/aromatic N) is 3. The van der Waals surface area contributed by atoms with Gasteiger partial charge in [-0.2, -0.15) is 0 Å². The Labute approximate surface area is 62.2 Å². The molecule has 0 fully saturated rings. The minimum absolute atomic E-state index is 0.141. The molecule has 0 aliphatic rings. The molecule has 8 heavy (non-hydrogen) atoms. The number of rotatable bonds is 3. The zero-order chi connectivity index (χ0) is 6.41. The quantitative estimate of drug-likeness (QED) is 0.177. The molecule has 0 radical (unpaired) electrons. The monoisotopic (exact) mass is 225 g/mol. The van der Waals surface area contributed by atoms with E-state index in [9.17, 15) is 0 Å². The average molecular weight is 225 g/mol. The average Bonchev–Trinajstić information content (AvgIpc) is 1.68. The predicted molar refractivity (Wildman–Crippen MR) is 41.9 cm³/mol. The largest absolute Gasteiger partial charge is 0.0895 e. The minimum Gasteiger partial charge on any atom is -0.0801 e. The number of hydrogen-bond donors (Lipinski definition) is 0. The van der Waals surface area contributed by atoms with Crippen molar-refractivity contribution in [1.29, 1.82) is 0 Å². The molecular weight excluding hydrogens is 217 g/mol. The topological polar surface area (TPSA) is 48.8 Å². The van der Waals surface area contributed by atoms with Crippen LogP contribution in [0.5, 0.6) is 0 Å². The maximum Gasteiger partial charge on any atom is 0.0895 e. The molecule has 0 aliphatic heterocycles. The summed E-state index contributed by atoms with van der Waals surface area (Å²) in [4.78, 5) is 2.67. The molecule has 4 heteroatoms. The molecule has 0 heterocycles. The van der Waals surface area contributed by atoms with Crippen molar-refractivity contribution in [2.24, 2.45) is 5.11 Å². The van der Waals surface area contributed by atoms with Crippen LogP contribution in [0.3, 0.4) is 0 Å².